The number of phenolic OH excluding ortho intramolecular Hbond substituents is 1. The van der Waals surface area contributed by atoms with E-state index >= 15 is 0 Å². The Balaban J connectivity index is 1.81. The Labute approximate surface area is 157 Å². The zero-order valence-corrected chi connectivity index (χ0v) is 15.6. The van der Waals surface area contributed by atoms with Crippen LogP contribution in [0.3, 0.4) is 0 Å². The maximum atomic E-state index is 11.8. The Morgan fingerprint density at radius 1 is 1.22 bits per heavy atom. The molecule has 1 aromatic carbocycles. The summed E-state index contributed by atoms with van der Waals surface area (Å²) in [6.07, 6.45) is 7.37. The standard InChI is InChI=1S/C19H23N5O3/c1-13(2)7-6-8-14(3)11-12-20-23-18(26)21-19-24-22-17(27-19)15-9-4-5-10-16(15)25/h4-5,7-10,12,25H,6,11H2,1-3H3,(H2,21,23,24,26)/b14-8-,20-12+. The summed E-state index contributed by atoms with van der Waals surface area (Å²) in [6, 6.07) is 5.83. The van der Waals surface area contributed by atoms with Gasteiger partial charge < -0.3 is 9.52 Å². The van der Waals surface area contributed by atoms with Gasteiger partial charge in [0, 0.05) is 12.6 Å². The molecule has 2 aromatic rings. The van der Waals surface area contributed by atoms with E-state index < -0.39 is 6.03 Å². The highest BCUT2D eigenvalue weighted by molar-refractivity contribution is 5.87. The molecule has 0 fully saturated rings. The first-order valence-electron chi connectivity index (χ1n) is 8.45. The third-order valence-electron chi connectivity index (χ3n) is 3.44. The van der Waals surface area contributed by atoms with Crippen LogP contribution in [-0.4, -0.2) is 27.5 Å². The van der Waals surface area contributed by atoms with Gasteiger partial charge in [0.2, 0.25) is 0 Å². The zero-order valence-electron chi connectivity index (χ0n) is 15.6. The molecular weight excluding hydrogens is 346 g/mol. The Hall–Kier alpha value is -3.42. The molecule has 0 unspecified atom stereocenters. The van der Waals surface area contributed by atoms with E-state index in [0.717, 1.165) is 12.0 Å². The maximum Gasteiger partial charge on any atom is 0.343 e. The van der Waals surface area contributed by atoms with Crippen LogP contribution < -0.4 is 10.7 Å². The Morgan fingerprint density at radius 3 is 2.74 bits per heavy atom. The molecule has 2 amide bonds. The van der Waals surface area contributed by atoms with E-state index in [9.17, 15) is 9.90 Å². The van der Waals surface area contributed by atoms with E-state index in [1.165, 1.54) is 11.6 Å². The number of benzene rings is 1. The highest BCUT2D eigenvalue weighted by Gasteiger charge is 2.13. The van der Waals surface area contributed by atoms with Gasteiger partial charge in [0.05, 0.1) is 5.56 Å². The summed E-state index contributed by atoms with van der Waals surface area (Å²) in [6.45, 7) is 6.12. The van der Waals surface area contributed by atoms with Crippen molar-refractivity contribution >= 4 is 18.3 Å². The molecule has 0 bridgehead atoms. The second-order valence-electron chi connectivity index (χ2n) is 6.08. The number of carbonyl (C=O) groups excluding carboxylic acids is 1. The van der Waals surface area contributed by atoms with Crippen molar-refractivity contribution in [1.82, 2.24) is 15.6 Å². The molecular formula is C19H23N5O3. The van der Waals surface area contributed by atoms with Crippen LogP contribution in [-0.2, 0) is 0 Å². The van der Waals surface area contributed by atoms with Crippen LogP contribution in [0.15, 0.2) is 57.1 Å². The fourth-order valence-corrected chi connectivity index (χ4v) is 2.04. The van der Waals surface area contributed by atoms with Crippen molar-refractivity contribution in [3.05, 3.63) is 47.6 Å². The lowest BCUT2D eigenvalue weighted by atomic mass is 10.1. The lowest BCUT2D eigenvalue weighted by Gasteiger charge is -1.99. The molecule has 0 aliphatic carbocycles. The molecule has 0 saturated heterocycles. The number of hydrazone groups is 1. The summed E-state index contributed by atoms with van der Waals surface area (Å²) < 4.78 is 5.31. The van der Waals surface area contributed by atoms with Crippen molar-refractivity contribution in [2.45, 2.75) is 33.6 Å². The van der Waals surface area contributed by atoms with Gasteiger partial charge in [-0.05, 0) is 39.3 Å². The fourth-order valence-electron chi connectivity index (χ4n) is 2.04. The average molecular weight is 369 g/mol. The van der Waals surface area contributed by atoms with Gasteiger partial charge in [-0.15, -0.1) is 5.10 Å². The number of nitrogens with one attached hydrogen (secondary N) is 2. The molecule has 8 heteroatoms. The van der Waals surface area contributed by atoms with Gasteiger partial charge in [-0.1, -0.05) is 40.5 Å². The number of aromatic hydroxyl groups is 1. The van der Waals surface area contributed by atoms with E-state index in [1.807, 2.05) is 6.92 Å². The number of phenols is 1. The van der Waals surface area contributed by atoms with Crippen LogP contribution in [0.5, 0.6) is 5.75 Å². The van der Waals surface area contributed by atoms with Gasteiger partial charge in [0.15, 0.2) is 0 Å². The summed E-state index contributed by atoms with van der Waals surface area (Å²) in [5.74, 6) is 0.110. The molecule has 8 nitrogen and oxygen atoms in total. The number of anilines is 1. The summed E-state index contributed by atoms with van der Waals surface area (Å²) >= 11 is 0. The molecule has 0 aliphatic heterocycles. The van der Waals surface area contributed by atoms with E-state index in [4.69, 9.17) is 4.42 Å². The zero-order chi connectivity index (χ0) is 19.6. The minimum absolute atomic E-state index is 0.00904. The van der Waals surface area contributed by atoms with Crippen LogP contribution >= 0.6 is 0 Å². The smallest absolute Gasteiger partial charge is 0.343 e. The first kappa shape index (κ1) is 19.9. The Kier molecular flexibility index (Phi) is 7.30. The van der Waals surface area contributed by atoms with Crippen LogP contribution in [0.2, 0.25) is 0 Å². The van der Waals surface area contributed by atoms with Crippen molar-refractivity contribution in [3.8, 4) is 17.2 Å². The first-order valence-corrected chi connectivity index (χ1v) is 8.45. The molecule has 3 N–H and O–H groups in total. The number of allylic oxidation sites excluding steroid dienone is 4. The van der Waals surface area contributed by atoms with Gasteiger partial charge in [0.25, 0.3) is 5.89 Å². The topological polar surface area (TPSA) is 113 Å². The third-order valence-corrected chi connectivity index (χ3v) is 3.44. The van der Waals surface area contributed by atoms with E-state index in [2.05, 4.69) is 52.0 Å². The maximum absolute atomic E-state index is 11.8. The van der Waals surface area contributed by atoms with Gasteiger partial charge in [-0.3, -0.25) is 5.32 Å². The number of hydrogen-bond donors (Lipinski definition) is 3. The van der Waals surface area contributed by atoms with Crippen molar-refractivity contribution in [1.29, 1.82) is 0 Å². The Bertz CT molecular complexity index is 864. The van der Waals surface area contributed by atoms with Crippen molar-refractivity contribution < 1.29 is 14.3 Å². The number of carbonyl (C=O) groups is 1. The van der Waals surface area contributed by atoms with Gasteiger partial charge in [0.1, 0.15) is 5.75 Å². The van der Waals surface area contributed by atoms with Crippen molar-refractivity contribution in [2.24, 2.45) is 5.10 Å². The monoisotopic (exact) mass is 369 g/mol. The fraction of sp³-hybridized carbons (Fsp3) is 0.263. The van der Waals surface area contributed by atoms with Gasteiger partial charge in [-0.2, -0.15) is 5.10 Å². The molecule has 0 spiro atoms. The molecule has 0 atom stereocenters. The number of amides is 2. The SMILES string of the molecule is CC(C)=CC/C=C(/C)C/C=N/NC(=O)Nc1nnc(-c2ccccc2O)o1. The van der Waals surface area contributed by atoms with Crippen LogP contribution in [0, 0.1) is 0 Å². The van der Waals surface area contributed by atoms with Gasteiger partial charge >= 0.3 is 12.0 Å². The van der Waals surface area contributed by atoms with Crippen molar-refractivity contribution in [3.63, 3.8) is 0 Å². The molecule has 1 aromatic heterocycles. The highest BCUT2D eigenvalue weighted by atomic mass is 16.4. The third kappa shape index (κ3) is 6.77. The summed E-state index contributed by atoms with van der Waals surface area (Å²) in [5, 5.41) is 23.5. The highest BCUT2D eigenvalue weighted by Crippen LogP contribution is 2.28. The van der Waals surface area contributed by atoms with E-state index in [0.29, 0.717) is 12.0 Å². The molecule has 142 valence electrons. The average Bonchev–Trinajstić information content (AvgIpc) is 3.07. The first-order chi connectivity index (χ1) is 13.0. The summed E-state index contributed by atoms with van der Waals surface area (Å²) in [4.78, 5) is 11.8. The summed E-state index contributed by atoms with van der Waals surface area (Å²) in [7, 11) is 0. The molecule has 0 aliphatic rings. The lowest BCUT2D eigenvalue weighted by Crippen LogP contribution is -2.24. The number of nitrogens with zero attached hydrogens (tertiary/aromatic N) is 3. The quantitative estimate of drug-likeness (QED) is 0.384. The molecule has 0 radical (unpaired) electrons. The van der Waals surface area contributed by atoms with Crippen molar-refractivity contribution in [2.75, 3.05) is 5.32 Å². The second-order valence-corrected chi connectivity index (χ2v) is 6.08. The number of hydrogen-bond acceptors (Lipinski definition) is 6. The molecule has 2 rings (SSSR count). The molecule has 1 heterocycles. The van der Waals surface area contributed by atoms with E-state index in [-0.39, 0.29) is 17.7 Å². The second kappa shape index (κ2) is 9.91. The van der Waals surface area contributed by atoms with Crippen LogP contribution in [0.25, 0.3) is 11.5 Å². The molecule has 27 heavy (non-hydrogen) atoms. The number of para-hydroxylation sites is 1. The van der Waals surface area contributed by atoms with Crippen LogP contribution in [0.4, 0.5) is 10.8 Å². The number of urea groups is 1. The largest absolute Gasteiger partial charge is 0.507 e. The predicted octanol–water partition coefficient (Wildman–Crippen LogP) is 4.24. The van der Waals surface area contributed by atoms with Crippen LogP contribution in [0.1, 0.15) is 33.6 Å². The lowest BCUT2D eigenvalue weighted by molar-refractivity contribution is 0.252. The number of aromatic nitrogens is 2. The number of rotatable bonds is 7. The van der Waals surface area contributed by atoms with E-state index in [1.54, 1.807) is 24.4 Å². The minimum atomic E-state index is -0.607. The normalized spacial score (nSPS) is 11.4. The molecule has 0 saturated carbocycles. The minimum Gasteiger partial charge on any atom is -0.507 e. The van der Waals surface area contributed by atoms with Gasteiger partial charge in [-0.25, -0.2) is 10.2 Å². The predicted molar refractivity (Wildman–Crippen MR) is 104 cm³/mol. The Morgan fingerprint density at radius 2 is 2.00 bits per heavy atom. The summed E-state index contributed by atoms with van der Waals surface area (Å²) in [5.41, 5.74) is 5.14.